The summed E-state index contributed by atoms with van der Waals surface area (Å²) in [4.78, 5) is 25.9. The summed E-state index contributed by atoms with van der Waals surface area (Å²) in [5.74, 6) is 1.04. The third kappa shape index (κ3) is 39.1. The highest BCUT2D eigenvalue weighted by Crippen LogP contribution is 2.19. The van der Waals surface area contributed by atoms with Crippen LogP contribution in [0.25, 0.3) is 0 Å². The van der Waals surface area contributed by atoms with Crippen LogP contribution in [0.5, 0.6) is 0 Å². The Morgan fingerprint density at radius 2 is 0.936 bits per heavy atom. The van der Waals surface area contributed by atoms with Crippen molar-refractivity contribution in [3.63, 3.8) is 0 Å². The minimum Gasteiger partial charge on any atom is -0.633 e. The molecule has 0 aliphatic heterocycles. The third-order valence-corrected chi connectivity index (χ3v) is 8.89. The van der Waals surface area contributed by atoms with Crippen LogP contribution >= 0.6 is 0 Å². The quantitative estimate of drug-likeness (QED) is 0.0307. The van der Waals surface area contributed by atoms with Gasteiger partial charge < -0.3 is 24.2 Å². The van der Waals surface area contributed by atoms with Crippen molar-refractivity contribution in [2.45, 2.75) is 182 Å². The fraction of sp³-hybridized carbons (Fsp3) is 0.950. The van der Waals surface area contributed by atoms with Gasteiger partial charge in [-0.15, -0.1) is 0 Å². The largest absolute Gasteiger partial charge is 0.633 e. The van der Waals surface area contributed by atoms with Crippen LogP contribution in [0.15, 0.2) is 0 Å². The normalized spacial score (nSPS) is 12.8. The van der Waals surface area contributed by atoms with E-state index in [4.69, 9.17) is 9.47 Å². The van der Waals surface area contributed by atoms with Crippen LogP contribution in [0.1, 0.15) is 182 Å². The molecule has 2 atom stereocenters. The average Bonchev–Trinajstić information content (AvgIpc) is 3.02. The summed E-state index contributed by atoms with van der Waals surface area (Å²) in [6, 6.07) is 0. The second-order valence-electron chi connectivity index (χ2n) is 14.8. The molecule has 0 N–H and O–H groups in total. The first-order valence-electron chi connectivity index (χ1n) is 20.0. The lowest BCUT2D eigenvalue weighted by Crippen LogP contribution is -2.32. The maximum Gasteiger partial charge on any atom is 0.305 e. The minimum absolute atomic E-state index is 0.00455. The molecule has 0 saturated carbocycles. The number of esters is 2. The van der Waals surface area contributed by atoms with Gasteiger partial charge in [-0.25, -0.2) is 0 Å². The standard InChI is InChI=1S/C20H41NO3.C20H41NO2/c1-5-7-9-11-15-19(14-8-6-2)18-24-20(22)16-12-10-13-17-21(3,4)23;1-5-7-9-11-15-19(14-8-6-2)18-23-20(22)16-12-10-13-17-21(3)4/h19H,5-18H2,1-4H3;19H,5-18H2,1-4H3. The highest BCUT2D eigenvalue weighted by atomic mass is 16.5. The molecule has 0 radical (unpaired) electrons. The second-order valence-corrected chi connectivity index (χ2v) is 14.8. The molecule has 282 valence electrons. The molecule has 0 spiro atoms. The van der Waals surface area contributed by atoms with Crippen LogP contribution in [0.3, 0.4) is 0 Å². The summed E-state index contributed by atoms with van der Waals surface area (Å²) in [6.45, 7) is 11.9. The molecule has 0 saturated heterocycles. The van der Waals surface area contributed by atoms with Gasteiger partial charge in [-0.05, 0) is 90.3 Å². The Balaban J connectivity index is 0. The number of nitrogens with zero attached hydrogens (tertiary/aromatic N) is 2. The molecule has 0 aromatic heterocycles. The zero-order valence-electron chi connectivity index (χ0n) is 32.9. The third-order valence-electron chi connectivity index (χ3n) is 8.89. The van der Waals surface area contributed by atoms with E-state index in [1.165, 1.54) is 103 Å². The number of unbranched alkanes of at least 4 members (excludes halogenated alkanes) is 12. The highest BCUT2D eigenvalue weighted by Gasteiger charge is 2.13. The fourth-order valence-electron chi connectivity index (χ4n) is 5.71. The maximum atomic E-state index is 11.9. The van der Waals surface area contributed by atoms with Crippen molar-refractivity contribution >= 4 is 11.9 Å². The lowest BCUT2D eigenvalue weighted by Gasteiger charge is -2.33. The first kappa shape index (κ1) is 47.9. The maximum absolute atomic E-state index is 11.9. The Kier molecular flexibility index (Phi) is 35.4. The smallest absolute Gasteiger partial charge is 0.305 e. The predicted octanol–water partition coefficient (Wildman–Crippen LogP) is 10.9. The molecule has 0 bridgehead atoms. The molecule has 0 fully saturated rings. The fourth-order valence-corrected chi connectivity index (χ4v) is 5.71. The van der Waals surface area contributed by atoms with Gasteiger partial charge in [-0.1, -0.05) is 111 Å². The van der Waals surface area contributed by atoms with Gasteiger partial charge in [-0.2, -0.15) is 0 Å². The van der Waals surface area contributed by atoms with Crippen molar-refractivity contribution in [3.05, 3.63) is 5.21 Å². The molecule has 2 unspecified atom stereocenters. The van der Waals surface area contributed by atoms with Crippen molar-refractivity contribution in [1.82, 2.24) is 4.90 Å². The lowest BCUT2D eigenvalue weighted by molar-refractivity contribution is -0.840. The van der Waals surface area contributed by atoms with Crippen LogP contribution in [-0.4, -0.2) is 76.0 Å². The van der Waals surface area contributed by atoms with Crippen LogP contribution in [0.2, 0.25) is 0 Å². The Morgan fingerprint density at radius 3 is 1.32 bits per heavy atom. The second kappa shape index (κ2) is 34.7. The SMILES string of the molecule is CCCCCCC(CCCC)COC(=O)CCCCCN(C)C.CCCCCCC(CCCC)COC(=O)CCCCC[N+](C)(C)[O-]. The number of carbonyl (C=O) groups is 2. The summed E-state index contributed by atoms with van der Waals surface area (Å²) in [6.07, 6.45) is 26.9. The van der Waals surface area contributed by atoms with Crippen molar-refractivity contribution in [1.29, 1.82) is 0 Å². The van der Waals surface area contributed by atoms with E-state index in [0.717, 1.165) is 45.1 Å². The van der Waals surface area contributed by atoms with E-state index in [0.29, 0.717) is 44.4 Å². The molecule has 0 amide bonds. The van der Waals surface area contributed by atoms with Crippen molar-refractivity contribution in [2.75, 3.05) is 54.5 Å². The van der Waals surface area contributed by atoms with Crippen molar-refractivity contribution in [2.24, 2.45) is 11.8 Å². The number of rotatable bonds is 32. The van der Waals surface area contributed by atoms with Crippen LogP contribution in [0.4, 0.5) is 0 Å². The Hall–Kier alpha value is -1.18. The Morgan fingerprint density at radius 1 is 0.553 bits per heavy atom. The van der Waals surface area contributed by atoms with E-state index in [1.807, 2.05) is 0 Å². The van der Waals surface area contributed by atoms with E-state index < -0.39 is 0 Å². The number of hydroxylamine groups is 3. The Labute approximate surface area is 293 Å². The number of quaternary nitrogens is 1. The average molecular weight is 671 g/mol. The first-order chi connectivity index (χ1) is 22.5. The van der Waals surface area contributed by atoms with Gasteiger partial charge in [0, 0.05) is 12.8 Å². The molecule has 7 heteroatoms. The van der Waals surface area contributed by atoms with Crippen LogP contribution in [-0.2, 0) is 19.1 Å². The van der Waals surface area contributed by atoms with Gasteiger partial charge in [0.15, 0.2) is 0 Å². The summed E-state index contributed by atoms with van der Waals surface area (Å²) in [7, 11) is 7.49. The van der Waals surface area contributed by atoms with Crippen molar-refractivity contribution < 1.29 is 23.7 Å². The lowest BCUT2D eigenvalue weighted by atomic mass is 9.96. The molecule has 47 heavy (non-hydrogen) atoms. The molecule has 0 aromatic rings. The molecule has 0 rings (SSSR count). The van der Waals surface area contributed by atoms with Crippen LogP contribution in [0, 0.1) is 17.0 Å². The molecule has 0 aliphatic carbocycles. The van der Waals surface area contributed by atoms with E-state index in [2.05, 4.69) is 46.7 Å². The molecule has 0 aliphatic rings. The number of ether oxygens (including phenoxy) is 2. The molecule has 7 nitrogen and oxygen atoms in total. The van der Waals surface area contributed by atoms with Gasteiger partial charge in [0.1, 0.15) is 0 Å². The minimum atomic E-state index is -0.248. The molecular weight excluding hydrogens is 588 g/mol. The van der Waals surface area contributed by atoms with E-state index in [1.54, 1.807) is 14.1 Å². The van der Waals surface area contributed by atoms with Gasteiger partial charge in [0.25, 0.3) is 0 Å². The zero-order chi connectivity index (χ0) is 35.6. The number of hydrogen-bond acceptors (Lipinski definition) is 6. The number of carbonyl (C=O) groups excluding carboxylic acids is 2. The van der Waals surface area contributed by atoms with E-state index in [9.17, 15) is 14.8 Å². The topological polar surface area (TPSA) is 78.9 Å². The molecule has 0 aromatic carbocycles. The molecular formula is C40H82N2O5. The van der Waals surface area contributed by atoms with Crippen LogP contribution < -0.4 is 0 Å². The van der Waals surface area contributed by atoms with Gasteiger partial charge in [0.05, 0.1) is 33.9 Å². The monoisotopic (exact) mass is 671 g/mol. The highest BCUT2D eigenvalue weighted by molar-refractivity contribution is 5.69. The number of hydrogen-bond donors (Lipinski definition) is 0. The van der Waals surface area contributed by atoms with Crippen molar-refractivity contribution in [3.8, 4) is 0 Å². The Bertz CT molecular complexity index is 680. The van der Waals surface area contributed by atoms with Gasteiger partial charge >= 0.3 is 11.9 Å². The van der Waals surface area contributed by atoms with E-state index in [-0.39, 0.29) is 16.6 Å². The summed E-state index contributed by atoms with van der Waals surface area (Å²) < 4.78 is 10.8. The zero-order valence-corrected chi connectivity index (χ0v) is 32.9. The predicted molar refractivity (Wildman–Crippen MR) is 201 cm³/mol. The summed E-state index contributed by atoms with van der Waals surface area (Å²) >= 11 is 0. The first-order valence-corrected chi connectivity index (χ1v) is 20.0. The summed E-state index contributed by atoms with van der Waals surface area (Å²) in [5, 5.41) is 11.4. The molecule has 0 heterocycles. The van der Waals surface area contributed by atoms with Gasteiger partial charge in [-0.3, -0.25) is 9.59 Å². The van der Waals surface area contributed by atoms with E-state index >= 15 is 0 Å². The van der Waals surface area contributed by atoms with Gasteiger partial charge in [0.2, 0.25) is 0 Å². The summed E-state index contributed by atoms with van der Waals surface area (Å²) in [5.41, 5.74) is 0.